The van der Waals surface area contributed by atoms with Gasteiger partial charge >= 0.3 is 0 Å². The lowest BCUT2D eigenvalue weighted by Gasteiger charge is -2.03. The Kier molecular flexibility index (Phi) is 1.92. The Morgan fingerprint density at radius 1 is 1.50 bits per heavy atom. The number of hydroxylamine groups is 2. The van der Waals surface area contributed by atoms with Crippen LogP contribution in [0, 0.1) is 0 Å². The standard InChI is InChI=1S/C5H7NO5S/c1-12(10,11)3-2-4(7)6(9)5(3)8/h3,9H,2H2,1H3. The summed E-state index contributed by atoms with van der Waals surface area (Å²) in [7, 11) is -3.59. The van der Waals surface area contributed by atoms with E-state index in [1.165, 1.54) is 0 Å². The molecular weight excluding hydrogens is 186 g/mol. The number of hydrogen-bond donors (Lipinski definition) is 1. The maximum absolute atomic E-state index is 10.8. The molecule has 0 bridgehead atoms. The summed E-state index contributed by atoms with van der Waals surface area (Å²) in [4.78, 5) is 21.5. The van der Waals surface area contributed by atoms with Crippen LogP contribution in [0.1, 0.15) is 6.42 Å². The Labute approximate surface area is 68.6 Å². The van der Waals surface area contributed by atoms with Crippen molar-refractivity contribution in [1.82, 2.24) is 5.06 Å². The molecule has 1 saturated heterocycles. The minimum Gasteiger partial charge on any atom is -0.278 e. The van der Waals surface area contributed by atoms with Crippen molar-refractivity contribution >= 4 is 21.7 Å². The second-order valence-electron chi connectivity index (χ2n) is 2.57. The highest BCUT2D eigenvalue weighted by Crippen LogP contribution is 2.16. The van der Waals surface area contributed by atoms with E-state index in [4.69, 9.17) is 5.21 Å². The average Bonchev–Trinajstić information content (AvgIpc) is 2.15. The summed E-state index contributed by atoms with van der Waals surface area (Å²) in [6.07, 6.45) is 0.385. The fourth-order valence-corrected chi connectivity index (χ4v) is 1.84. The van der Waals surface area contributed by atoms with E-state index in [0.717, 1.165) is 6.26 Å². The summed E-state index contributed by atoms with van der Waals surface area (Å²) in [5, 5.41) is 7.12. The van der Waals surface area contributed by atoms with Crippen molar-refractivity contribution in [2.75, 3.05) is 6.26 Å². The number of carbonyl (C=O) groups excluding carboxylic acids is 2. The molecule has 1 rings (SSSR count). The molecule has 0 aliphatic carbocycles. The predicted octanol–water partition coefficient (Wildman–Crippen LogP) is -1.45. The van der Waals surface area contributed by atoms with Gasteiger partial charge in [0.1, 0.15) is 0 Å². The molecule has 0 saturated carbocycles. The number of rotatable bonds is 1. The van der Waals surface area contributed by atoms with Crippen molar-refractivity contribution < 1.29 is 23.2 Å². The Morgan fingerprint density at radius 3 is 2.17 bits per heavy atom. The molecule has 68 valence electrons. The molecule has 1 aliphatic heterocycles. The zero-order valence-corrected chi connectivity index (χ0v) is 7.04. The third-order valence-corrected chi connectivity index (χ3v) is 3.00. The number of hydrogen-bond acceptors (Lipinski definition) is 5. The first-order chi connectivity index (χ1) is 5.34. The minimum atomic E-state index is -3.59. The van der Waals surface area contributed by atoms with Gasteiger partial charge in [0.2, 0.25) is 0 Å². The van der Waals surface area contributed by atoms with Gasteiger partial charge in [-0.05, 0) is 0 Å². The van der Waals surface area contributed by atoms with Gasteiger partial charge in [0.05, 0.1) is 6.42 Å². The van der Waals surface area contributed by atoms with Crippen LogP contribution < -0.4 is 0 Å². The Morgan fingerprint density at radius 2 is 2.00 bits per heavy atom. The lowest BCUT2D eigenvalue weighted by molar-refractivity contribution is -0.170. The molecule has 1 heterocycles. The first-order valence-electron chi connectivity index (χ1n) is 3.08. The van der Waals surface area contributed by atoms with Crippen molar-refractivity contribution in [3.8, 4) is 0 Å². The second-order valence-corrected chi connectivity index (χ2v) is 4.79. The van der Waals surface area contributed by atoms with E-state index in [9.17, 15) is 18.0 Å². The molecule has 7 heteroatoms. The third kappa shape index (κ3) is 1.32. The van der Waals surface area contributed by atoms with E-state index in [-0.39, 0.29) is 5.06 Å². The lowest BCUT2D eigenvalue weighted by atomic mass is 10.4. The van der Waals surface area contributed by atoms with E-state index in [1.807, 2.05) is 0 Å². The molecule has 0 radical (unpaired) electrons. The molecule has 12 heavy (non-hydrogen) atoms. The summed E-state index contributed by atoms with van der Waals surface area (Å²) in [6, 6.07) is 0. The molecule has 0 aromatic heterocycles. The SMILES string of the molecule is CS(=O)(=O)C1CC(=O)N(O)C1=O. The number of carbonyl (C=O) groups is 2. The average molecular weight is 193 g/mol. The van der Waals surface area contributed by atoms with Gasteiger partial charge in [-0.25, -0.2) is 8.42 Å². The largest absolute Gasteiger partial charge is 0.278 e. The summed E-state index contributed by atoms with van der Waals surface area (Å²) >= 11 is 0. The molecule has 2 amide bonds. The fraction of sp³-hybridized carbons (Fsp3) is 0.600. The fourth-order valence-electron chi connectivity index (χ4n) is 0.926. The van der Waals surface area contributed by atoms with Crippen molar-refractivity contribution in [3.05, 3.63) is 0 Å². The second kappa shape index (κ2) is 2.53. The van der Waals surface area contributed by atoms with Gasteiger partial charge in [0.25, 0.3) is 11.8 Å². The van der Waals surface area contributed by atoms with Crippen molar-refractivity contribution in [1.29, 1.82) is 0 Å². The smallest absolute Gasteiger partial charge is 0.272 e. The van der Waals surface area contributed by atoms with Crippen LogP contribution in [0.25, 0.3) is 0 Å². The van der Waals surface area contributed by atoms with Gasteiger partial charge in [-0.2, -0.15) is 5.06 Å². The molecule has 0 aromatic carbocycles. The van der Waals surface area contributed by atoms with Crippen LogP contribution in [0.4, 0.5) is 0 Å². The van der Waals surface area contributed by atoms with Crippen molar-refractivity contribution in [2.24, 2.45) is 0 Å². The molecular formula is C5H7NO5S. The number of imide groups is 1. The molecule has 1 atom stereocenters. The summed E-state index contributed by atoms with van der Waals surface area (Å²) in [5.41, 5.74) is 0. The van der Waals surface area contributed by atoms with Crippen LogP contribution in [0.2, 0.25) is 0 Å². The Balaban J connectivity index is 3.01. The van der Waals surface area contributed by atoms with Crippen LogP contribution in [-0.4, -0.2) is 42.0 Å². The first-order valence-corrected chi connectivity index (χ1v) is 5.04. The van der Waals surface area contributed by atoms with E-state index in [1.54, 1.807) is 0 Å². The minimum absolute atomic E-state index is 0.147. The van der Waals surface area contributed by atoms with E-state index in [0.29, 0.717) is 0 Å². The molecule has 1 unspecified atom stereocenters. The van der Waals surface area contributed by atoms with Gasteiger partial charge in [0, 0.05) is 6.26 Å². The van der Waals surface area contributed by atoms with Crippen LogP contribution >= 0.6 is 0 Å². The third-order valence-electron chi connectivity index (χ3n) is 1.60. The molecule has 0 aromatic rings. The summed E-state index contributed by atoms with van der Waals surface area (Å²) < 4.78 is 21.6. The van der Waals surface area contributed by atoms with Crippen molar-refractivity contribution in [3.63, 3.8) is 0 Å². The molecule has 1 fully saturated rings. The van der Waals surface area contributed by atoms with Gasteiger partial charge in [-0.1, -0.05) is 0 Å². The maximum atomic E-state index is 10.8. The van der Waals surface area contributed by atoms with Gasteiger partial charge in [0.15, 0.2) is 15.1 Å². The highest BCUT2D eigenvalue weighted by Gasteiger charge is 2.44. The normalized spacial score (nSPS) is 25.2. The first kappa shape index (κ1) is 9.14. The Bertz CT molecular complexity index is 332. The van der Waals surface area contributed by atoms with Gasteiger partial charge in [-0.3, -0.25) is 14.8 Å². The predicted molar refractivity (Wildman–Crippen MR) is 36.9 cm³/mol. The van der Waals surface area contributed by atoms with Crippen molar-refractivity contribution in [2.45, 2.75) is 11.7 Å². The van der Waals surface area contributed by atoms with Crippen LogP contribution in [0.3, 0.4) is 0 Å². The van der Waals surface area contributed by atoms with Gasteiger partial charge in [-0.15, -0.1) is 0 Å². The molecule has 1 aliphatic rings. The quantitative estimate of drug-likeness (QED) is 0.406. The van der Waals surface area contributed by atoms with E-state index >= 15 is 0 Å². The molecule has 1 N–H and O–H groups in total. The van der Waals surface area contributed by atoms with Crippen LogP contribution in [-0.2, 0) is 19.4 Å². The number of amides is 2. The van der Waals surface area contributed by atoms with Crippen LogP contribution in [0.5, 0.6) is 0 Å². The molecule has 0 spiro atoms. The maximum Gasteiger partial charge on any atom is 0.272 e. The number of nitrogens with zero attached hydrogens (tertiary/aromatic N) is 1. The highest BCUT2D eigenvalue weighted by atomic mass is 32.2. The lowest BCUT2D eigenvalue weighted by Crippen LogP contribution is -2.32. The van der Waals surface area contributed by atoms with Gasteiger partial charge < -0.3 is 0 Å². The van der Waals surface area contributed by atoms with Crippen LogP contribution in [0.15, 0.2) is 0 Å². The summed E-state index contributed by atoms with van der Waals surface area (Å²) in [6.45, 7) is 0. The highest BCUT2D eigenvalue weighted by molar-refractivity contribution is 7.92. The van der Waals surface area contributed by atoms with E-state index < -0.39 is 33.3 Å². The van der Waals surface area contributed by atoms with E-state index in [2.05, 4.69) is 0 Å². The topological polar surface area (TPSA) is 91.8 Å². The zero-order chi connectivity index (χ0) is 9.52. The summed E-state index contributed by atoms with van der Waals surface area (Å²) in [5.74, 6) is -1.95. The monoisotopic (exact) mass is 193 g/mol. The Hall–Kier alpha value is -0.950. The zero-order valence-electron chi connectivity index (χ0n) is 6.22. The molecule has 6 nitrogen and oxygen atoms in total. The number of sulfone groups is 1.